The number of thiocarbonyl (C=S) groups is 1. The molecule has 1 amide bonds. The maximum absolute atomic E-state index is 11.7. The van der Waals surface area contributed by atoms with E-state index in [9.17, 15) is 4.79 Å². The van der Waals surface area contributed by atoms with E-state index in [1.165, 1.54) is 6.08 Å². The number of hydrogen-bond donors (Lipinski definition) is 2. The summed E-state index contributed by atoms with van der Waals surface area (Å²) in [5.74, 6) is -0.256. The minimum Gasteiger partial charge on any atom is -0.332 e. The van der Waals surface area contributed by atoms with Gasteiger partial charge in [0.15, 0.2) is 5.11 Å². The summed E-state index contributed by atoms with van der Waals surface area (Å²) in [7, 11) is 0. The molecule has 0 unspecified atom stereocenters. The lowest BCUT2D eigenvalue weighted by Gasteiger charge is -2.07. The summed E-state index contributed by atoms with van der Waals surface area (Å²) in [6.45, 7) is 0. The largest absolute Gasteiger partial charge is 0.332 e. The highest BCUT2D eigenvalue weighted by atomic mass is 79.9. The zero-order chi connectivity index (χ0) is 14.4. The Labute approximate surface area is 134 Å². The molecular weight excluding hydrogens is 356 g/mol. The number of anilines is 1. The van der Waals surface area contributed by atoms with Crippen molar-refractivity contribution in [1.29, 1.82) is 0 Å². The van der Waals surface area contributed by atoms with Crippen molar-refractivity contribution in [2.75, 3.05) is 5.32 Å². The number of halogens is 1. The van der Waals surface area contributed by atoms with Gasteiger partial charge in [0.05, 0.1) is 0 Å². The van der Waals surface area contributed by atoms with E-state index < -0.39 is 0 Å². The molecule has 0 bridgehead atoms. The topological polar surface area (TPSA) is 41.1 Å². The Hall–Kier alpha value is -1.50. The molecule has 0 aliphatic rings. The SMILES string of the molecule is O=C(/C=C/c1cccs1)NC(=S)Nc1ccc(Br)cc1. The fraction of sp³-hybridized carbons (Fsp3) is 0. The van der Waals surface area contributed by atoms with E-state index in [0.717, 1.165) is 15.0 Å². The first-order valence-electron chi connectivity index (χ1n) is 5.72. The van der Waals surface area contributed by atoms with Crippen molar-refractivity contribution in [3.8, 4) is 0 Å². The predicted molar refractivity (Wildman–Crippen MR) is 91.9 cm³/mol. The fourth-order valence-electron chi connectivity index (χ4n) is 1.39. The summed E-state index contributed by atoms with van der Waals surface area (Å²) in [5, 5.41) is 7.76. The Kier molecular flexibility index (Phi) is 5.46. The number of benzene rings is 1. The lowest BCUT2D eigenvalue weighted by Crippen LogP contribution is -2.32. The third-order valence-electron chi connectivity index (χ3n) is 2.28. The molecule has 3 nitrogen and oxygen atoms in total. The lowest BCUT2D eigenvalue weighted by atomic mass is 10.3. The summed E-state index contributed by atoms with van der Waals surface area (Å²) in [6.07, 6.45) is 3.21. The van der Waals surface area contributed by atoms with Crippen LogP contribution in [0.1, 0.15) is 4.88 Å². The Morgan fingerprint density at radius 2 is 2.00 bits per heavy atom. The number of hydrogen-bond acceptors (Lipinski definition) is 3. The zero-order valence-electron chi connectivity index (χ0n) is 10.3. The van der Waals surface area contributed by atoms with Crippen molar-refractivity contribution in [2.45, 2.75) is 0 Å². The molecule has 0 saturated carbocycles. The van der Waals surface area contributed by atoms with Crippen LogP contribution in [0.2, 0.25) is 0 Å². The Bertz CT molecular complexity index is 621. The van der Waals surface area contributed by atoms with E-state index in [-0.39, 0.29) is 11.0 Å². The van der Waals surface area contributed by atoms with Gasteiger partial charge < -0.3 is 5.32 Å². The van der Waals surface area contributed by atoms with Gasteiger partial charge in [-0.3, -0.25) is 10.1 Å². The third-order valence-corrected chi connectivity index (χ3v) is 3.85. The molecule has 0 spiro atoms. The van der Waals surface area contributed by atoms with Gasteiger partial charge in [-0.25, -0.2) is 0 Å². The van der Waals surface area contributed by atoms with Crippen LogP contribution in [0.4, 0.5) is 5.69 Å². The second kappa shape index (κ2) is 7.33. The monoisotopic (exact) mass is 366 g/mol. The number of nitrogens with one attached hydrogen (secondary N) is 2. The van der Waals surface area contributed by atoms with E-state index in [1.807, 2.05) is 41.8 Å². The summed E-state index contributed by atoms with van der Waals surface area (Å²) in [6, 6.07) is 11.4. The molecule has 102 valence electrons. The van der Waals surface area contributed by atoms with Crippen LogP contribution in [0.15, 0.2) is 52.3 Å². The van der Waals surface area contributed by atoms with Gasteiger partial charge in [-0.05, 0) is 54.0 Å². The molecule has 2 aromatic rings. The number of rotatable bonds is 3. The number of carbonyl (C=O) groups is 1. The van der Waals surface area contributed by atoms with Crippen LogP contribution in [0.3, 0.4) is 0 Å². The van der Waals surface area contributed by atoms with E-state index in [0.29, 0.717) is 0 Å². The average Bonchev–Trinajstić information content (AvgIpc) is 2.92. The molecule has 2 N–H and O–H groups in total. The quantitative estimate of drug-likeness (QED) is 0.636. The van der Waals surface area contributed by atoms with Gasteiger partial charge in [-0.2, -0.15) is 0 Å². The molecule has 0 saturated heterocycles. The summed E-state index contributed by atoms with van der Waals surface area (Å²) >= 11 is 9.99. The molecule has 0 aliphatic carbocycles. The van der Waals surface area contributed by atoms with Crippen LogP contribution >= 0.6 is 39.5 Å². The smallest absolute Gasteiger partial charge is 0.250 e. The summed E-state index contributed by atoms with van der Waals surface area (Å²) in [4.78, 5) is 12.7. The van der Waals surface area contributed by atoms with Gasteiger partial charge in [0.1, 0.15) is 0 Å². The van der Waals surface area contributed by atoms with E-state index in [4.69, 9.17) is 12.2 Å². The number of thiophene rings is 1. The summed E-state index contributed by atoms with van der Waals surface area (Å²) in [5.41, 5.74) is 0.820. The van der Waals surface area contributed by atoms with Gasteiger partial charge in [-0.1, -0.05) is 22.0 Å². The molecule has 1 aromatic heterocycles. The molecular formula is C14H11BrN2OS2. The van der Waals surface area contributed by atoms with Crippen LogP contribution in [-0.4, -0.2) is 11.0 Å². The van der Waals surface area contributed by atoms with Crippen molar-refractivity contribution in [2.24, 2.45) is 0 Å². The second-order valence-electron chi connectivity index (χ2n) is 3.80. The van der Waals surface area contributed by atoms with Crippen molar-refractivity contribution < 1.29 is 4.79 Å². The molecule has 0 atom stereocenters. The highest BCUT2D eigenvalue weighted by molar-refractivity contribution is 9.10. The van der Waals surface area contributed by atoms with Crippen LogP contribution in [0.25, 0.3) is 6.08 Å². The van der Waals surface area contributed by atoms with Gasteiger partial charge in [0.25, 0.3) is 0 Å². The first-order chi connectivity index (χ1) is 9.63. The molecule has 2 rings (SSSR count). The molecule has 0 radical (unpaired) electrons. The Balaban J connectivity index is 1.85. The summed E-state index contributed by atoms with van der Waals surface area (Å²) < 4.78 is 0.983. The molecule has 20 heavy (non-hydrogen) atoms. The third kappa shape index (κ3) is 4.88. The van der Waals surface area contributed by atoms with Crippen LogP contribution < -0.4 is 10.6 Å². The first kappa shape index (κ1) is 14.9. The predicted octanol–water partition coefficient (Wildman–Crippen LogP) is 4.04. The standard InChI is InChI=1S/C14H11BrN2OS2/c15-10-3-5-11(6-4-10)16-14(19)17-13(18)8-7-12-2-1-9-20-12/h1-9H,(H2,16,17,18,19)/b8-7+. The van der Waals surface area contributed by atoms with Gasteiger partial charge in [0.2, 0.25) is 5.91 Å². The van der Waals surface area contributed by atoms with Crippen molar-refractivity contribution in [1.82, 2.24) is 5.32 Å². The maximum atomic E-state index is 11.7. The van der Waals surface area contributed by atoms with Gasteiger partial charge in [-0.15, -0.1) is 11.3 Å². The minimum absolute atomic E-state index is 0.256. The maximum Gasteiger partial charge on any atom is 0.250 e. The van der Waals surface area contributed by atoms with E-state index in [2.05, 4.69) is 26.6 Å². The van der Waals surface area contributed by atoms with Crippen molar-refractivity contribution >= 4 is 62.3 Å². The number of carbonyl (C=O) groups excluding carboxylic acids is 1. The normalized spacial score (nSPS) is 10.4. The van der Waals surface area contributed by atoms with Crippen LogP contribution in [0, 0.1) is 0 Å². The zero-order valence-corrected chi connectivity index (χ0v) is 13.5. The molecule has 1 heterocycles. The van der Waals surface area contributed by atoms with Crippen molar-refractivity contribution in [3.05, 3.63) is 57.2 Å². The van der Waals surface area contributed by atoms with Gasteiger partial charge >= 0.3 is 0 Å². The van der Waals surface area contributed by atoms with Gasteiger partial charge in [0, 0.05) is 21.1 Å². The second-order valence-corrected chi connectivity index (χ2v) is 6.10. The molecule has 0 fully saturated rings. The molecule has 6 heteroatoms. The van der Waals surface area contributed by atoms with E-state index in [1.54, 1.807) is 17.4 Å². The highest BCUT2D eigenvalue weighted by Crippen LogP contribution is 2.14. The first-order valence-corrected chi connectivity index (χ1v) is 7.81. The highest BCUT2D eigenvalue weighted by Gasteiger charge is 2.01. The van der Waals surface area contributed by atoms with E-state index >= 15 is 0 Å². The molecule has 0 aliphatic heterocycles. The number of amides is 1. The Morgan fingerprint density at radius 1 is 1.25 bits per heavy atom. The minimum atomic E-state index is -0.256. The lowest BCUT2D eigenvalue weighted by molar-refractivity contribution is -0.115. The van der Waals surface area contributed by atoms with Crippen LogP contribution in [0.5, 0.6) is 0 Å². The van der Waals surface area contributed by atoms with Crippen molar-refractivity contribution in [3.63, 3.8) is 0 Å². The molecule has 1 aromatic carbocycles. The average molecular weight is 367 g/mol. The fourth-order valence-corrected chi connectivity index (χ4v) is 2.49. The van der Waals surface area contributed by atoms with Crippen LogP contribution in [-0.2, 0) is 4.79 Å². The Morgan fingerprint density at radius 3 is 2.65 bits per heavy atom.